The highest BCUT2D eigenvalue weighted by atomic mass is 32.2. The predicted octanol–water partition coefficient (Wildman–Crippen LogP) is 4.76. The first kappa shape index (κ1) is 103. The minimum atomic E-state index is -1.68. The second-order valence-electron chi connectivity index (χ2n) is 30.2. The van der Waals surface area contributed by atoms with E-state index in [1.54, 1.807) is 32.2 Å². The lowest BCUT2D eigenvalue weighted by Crippen LogP contribution is -2.51. The van der Waals surface area contributed by atoms with Crippen LogP contribution in [0.5, 0.6) is 5.75 Å². The van der Waals surface area contributed by atoms with Crippen LogP contribution in [0.25, 0.3) is 0 Å². The number of guanidine groups is 1. The third-order valence-electron chi connectivity index (χ3n) is 19.7. The van der Waals surface area contributed by atoms with Gasteiger partial charge in [-0.3, -0.25) is 76.9 Å². The molecule has 20 N–H and O–H groups in total. The van der Waals surface area contributed by atoms with Gasteiger partial charge in [0, 0.05) is 81.6 Å². The number of aliphatic hydroxyl groups is 2. The van der Waals surface area contributed by atoms with E-state index in [9.17, 15) is 92.3 Å². The molecule has 1 aromatic rings. The molecule has 8 amide bonds. The van der Waals surface area contributed by atoms with Gasteiger partial charge in [0.05, 0.1) is 61.7 Å². The number of aliphatic carboxylic acids is 1. The standard InChI is InChI=1S/C80H134N12O19S2/c1-8-9-10-11-12-13-14-15-16-17-18-19-20-24-59(96)42-54(33-37-112-6)75(107)87-48-60(97)43-56(41-53-27-29-58(95)30-28-53)77(109)90-64(31-32-71(82)102)67(98)40-51(4)74(106)88-62(25-21-22-35-81)68(99)44-55(39-50(2)3)76(108)89-63(26-23-36-86-80(84)85)69(100)45-57(49-93)78(110)91-65(34-38-113-7)70(101)46-61(52(5)94)79(111)92-66(73(83)105)47-72(103)104/h27-30,50-52,54-57,61-66,93-95H,8-26,31-49,81H2,1-7H3,(H2,82,102)(H2,83,105)(H,87,107)(H,88,106)(H,89,108)(H,90,109)(H,91,110)(H,92,111)(H,103,104)(H4,84,85,86)/t51-,52-,54-,55-,56-,57+,61+,62+,63+,64+,65+,66+/m1/s1. The summed E-state index contributed by atoms with van der Waals surface area (Å²) >= 11 is 2.82. The number of rotatable bonds is 69. The number of aliphatic hydroxyl groups excluding tert-OH is 2. The van der Waals surface area contributed by atoms with Gasteiger partial charge in [0.25, 0.3) is 0 Å². The fraction of sp³-hybridized carbons (Fsp3) is 0.725. The fourth-order valence-corrected chi connectivity index (χ4v) is 14.0. The molecule has 0 aliphatic heterocycles. The molecule has 0 aliphatic rings. The molecule has 0 aromatic heterocycles. The van der Waals surface area contributed by atoms with E-state index in [0.717, 1.165) is 25.7 Å². The molecule has 12 atom stereocenters. The monoisotopic (exact) mass is 1630 g/mol. The Bertz CT molecular complexity index is 3180. The third-order valence-corrected chi connectivity index (χ3v) is 21.0. The number of nitrogens with one attached hydrogen (secondary N) is 6. The molecule has 640 valence electrons. The third kappa shape index (κ3) is 46.3. The smallest absolute Gasteiger partial charge is 0.305 e. The molecule has 0 heterocycles. The number of thioether (sulfide) groups is 2. The first-order valence-corrected chi connectivity index (χ1v) is 42.9. The van der Waals surface area contributed by atoms with E-state index in [0.29, 0.717) is 37.0 Å². The van der Waals surface area contributed by atoms with E-state index >= 15 is 0 Å². The second-order valence-corrected chi connectivity index (χ2v) is 32.2. The summed E-state index contributed by atoms with van der Waals surface area (Å²) < 4.78 is 0. The topological polar surface area (TPSA) is 552 Å². The lowest BCUT2D eigenvalue weighted by molar-refractivity contribution is -0.141. The molecular weight excluding hydrogens is 1500 g/mol. The zero-order valence-electron chi connectivity index (χ0n) is 67.7. The molecular formula is C80H134N12O19S2. The van der Waals surface area contributed by atoms with Gasteiger partial charge >= 0.3 is 5.97 Å². The molecule has 0 saturated carbocycles. The average molecular weight is 1630 g/mol. The molecule has 113 heavy (non-hydrogen) atoms. The highest BCUT2D eigenvalue weighted by Crippen LogP contribution is 2.25. The van der Waals surface area contributed by atoms with Crippen molar-refractivity contribution in [2.45, 2.75) is 276 Å². The minimum Gasteiger partial charge on any atom is -0.508 e. The Balaban J connectivity index is 3.44. The SMILES string of the molecule is CCCCCCCCCCCCCCCC(=O)C[C@@H](CCSC)C(=O)NCC(=O)C[C@@H](Cc1ccc(O)cc1)C(=O)N[C@@H](CCC(N)=O)C(=O)C[C@@H](C)C(=O)N[C@@H](CCCCN)C(=O)C[C@@H](CC(C)C)C(=O)N[C@@H](CCCN=C(N)N)C(=O)C[C@@H](CO)C(=O)N[C@@H](CCSC)C(=O)C[C@H](C(=O)N[C@@H](CC(=O)O)C(N)=O)[C@@H](C)O. The quantitative estimate of drug-likeness (QED) is 0.0237. The van der Waals surface area contributed by atoms with Crippen LogP contribution in [0, 0.1) is 41.4 Å². The largest absolute Gasteiger partial charge is 0.508 e. The number of hydrogen-bond donors (Lipinski definition) is 15. The van der Waals surface area contributed by atoms with Crippen molar-refractivity contribution >= 4 is 117 Å². The Morgan fingerprint density at radius 3 is 1.47 bits per heavy atom. The van der Waals surface area contributed by atoms with Crippen LogP contribution in [0.15, 0.2) is 29.3 Å². The van der Waals surface area contributed by atoms with Gasteiger partial charge in [0.15, 0.2) is 34.9 Å². The van der Waals surface area contributed by atoms with Crippen LogP contribution in [-0.2, 0) is 78.3 Å². The van der Waals surface area contributed by atoms with E-state index in [1.165, 1.54) is 107 Å². The van der Waals surface area contributed by atoms with Crippen molar-refractivity contribution < 1.29 is 92.3 Å². The Kier molecular flexibility index (Phi) is 54.5. The molecule has 1 rings (SSSR count). The molecule has 0 bridgehead atoms. The molecule has 0 radical (unpaired) electrons. The van der Waals surface area contributed by atoms with Crippen LogP contribution < -0.4 is 60.6 Å². The van der Waals surface area contributed by atoms with Gasteiger partial charge in [0.2, 0.25) is 47.3 Å². The number of hydrogen-bond acceptors (Lipinski definition) is 22. The summed E-state index contributed by atoms with van der Waals surface area (Å²) in [4.78, 5) is 208. The number of ketones is 6. The molecule has 33 heteroatoms. The first-order valence-electron chi connectivity index (χ1n) is 40.1. The summed E-state index contributed by atoms with van der Waals surface area (Å²) in [5.74, 6) is -18.6. The second kappa shape index (κ2) is 59.8. The number of aliphatic imine (C=N–C) groups is 1. The summed E-state index contributed by atoms with van der Waals surface area (Å²) in [6.45, 7) is 7.19. The van der Waals surface area contributed by atoms with Crippen molar-refractivity contribution in [2.75, 3.05) is 50.3 Å². The van der Waals surface area contributed by atoms with Crippen molar-refractivity contribution in [3.63, 3.8) is 0 Å². The van der Waals surface area contributed by atoms with Gasteiger partial charge in [-0.2, -0.15) is 23.5 Å². The number of benzene rings is 1. The molecule has 0 fully saturated rings. The minimum absolute atomic E-state index is 0.0105. The van der Waals surface area contributed by atoms with Crippen molar-refractivity contribution in [1.29, 1.82) is 0 Å². The maximum Gasteiger partial charge on any atom is 0.305 e. The van der Waals surface area contributed by atoms with Crippen LogP contribution in [0.4, 0.5) is 0 Å². The summed E-state index contributed by atoms with van der Waals surface area (Å²) in [5, 5.41) is 56.0. The fourth-order valence-electron chi connectivity index (χ4n) is 13.0. The Morgan fingerprint density at radius 1 is 0.478 bits per heavy atom. The highest BCUT2D eigenvalue weighted by Gasteiger charge is 2.38. The number of aromatic hydroxyl groups is 1. The van der Waals surface area contributed by atoms with Gasteiger partial charge in [-0.25, -0.2) is 0 Å². The van der Waals surface area contributed by atoms with Crippen LogP contribution in [0.1, 0.15) is 239 Å². The molecule has 0 saturated heterocycles. The van der Waals surface area contributed by atoms with Gasteiger partial charge in [0.1, 0.15) is 17.6 Å². The maximum atomic E-state index is 14.6. The van der Waals surface area contributed by atoms with Crippen LogP contribution in [-0.4, -0.2) is 201 Å². The van der Waals surface area contributed by atoms with Crippen molar-refractivity contribution in [2.24, 2.45) is 75.1 Å². The normalized spacial score (nSPS) is 14.5. The van der Waals surface area contributed by atoms with Crippen LogP contribution >= 0.6 is 23.5 Å². The average Bonchev–Trinajstić information content (AvgIpc) is 0.861. The van der Waals surface area contributed by atoms with E-state index in [4.69, 9.17) is 28.7 Å². The van der Waals surface area contributed by atoms with Crippen molar-refractivity contribution in [1.82, 2.24) is 31.9 Å². The maximum absolute atomic E-state index is 14.6. The van der Waals surface area contributed by atoms with Gasteiger partial charge in [-0.15, -0.1) is 0 Å². The lowest BCUT2D eigenvalue weighted by atomic mass is 9.87. The van der Waals surface area contributed by atoms with Crippen LogP contribution in [0.2, 0.25) is 0 Å². The summed E-state index contributed by atoms with van der Waals surface area (Å²) in [7, 11) is 0. The van der Waals surface area contributed by atoms with Gasteiger partial charge in [-0.05, 0) is 132 Å². The summed E-state index contributed by atoms with van der Waals surface area (Å²) in [6, 6.07) is -1.20. The highest BCUT2D eigenvalue weighted by molar-refractivity contribution is 7.98. The number of carboxylic acid groups (broad SMARTS) is 1. The lowest BCUT2D eigenvalue weighted by Gasteiger charge is -2.27. The Morgan fingerprint density at radius 2 is 0.956 bits per heavy atom. The van der Waals surface area contributed by atoms with Crippen molar-refractivity contribution in [3.8, 4) is 5.75 Å². The van der Waals surface area contributed by atoms with Gasteiger partial charge < -0.3 is 81.0 Å². The first-order chi connectivity index (χ1) is 53.6. The van der Waals surface area contributed by atoms with E-state index in [1.807, 2.05) is 6.26 Å². The van der Waals surface area contributed by atoms with Crippen LogP contribution in [0.3, 0.4) is 0 Å². The molecule has 0 aliphatic carbocycles. The number of primary amides is 2. The molecule has 1 aromatic carbocycles. The van der Waals surface area contributed by atoms with E-state index < -0.39 is 206 Å². The number of carboxylic acids is 1. The number of Topliss-reactive ketones (excluding diaryl/α,β-unsaturated/α-hetero) is 6. The number of phenolic OH excluding ortho intramolecular Hbond substituents is 1. The summed E-state index contributed by atoms with van der Waals surface area (Å²) in [6.07, 6.45) is 14.3. The number of amides is 8. The number of carbonyl (C=O) groups is 15. The zero-order valence-corrected chi connectivity index (χ0v) is 69.4. The number of phenols is 1. The Labute approximate surface area is 675 Å². The van der Waals surface area contributed by atoms with Gasteiger partial charge in [-0.1, -0.05) is 117 Å². The van der Waals surface area contributed by atoms with E-state index in [2.05, 4.69) is 43.8 Å². The number of carbonyl (C=O) groups excluding carboxylic acids is 14. The molecule has 0 unspecified atom stereocenters. The number of unbranched alkanes of at least 4 members (excludes halogenated alkanes) is 13. The van der Waals surface area contributed by atoms with E-state index in [-0.39, 0.29) is 100 Å². The van der Waals surface area contributed by atoms with Crippen molar-refractivity contribution in [3.05, 3.63) is 29.8 Å². The summed E-state index contributed by atoms with van der Waals surface area (Å²) in [5.41, 5.74) is 28.3. The Hall–Kier alpha value is -7.88. The molecule has 31 nitrogen and oxygen atoms in total. The number of nitrogens with zero attached hydrogens (tertiary/aromatic N) is 1. The predicted molar refractivity (Wildman–Crippen MR) is 436 cm³/mol. The number of nitrogens with two attached hydrogens (primary N) is 5. The zero-order chi connectivity index (χ0) is 85.0. The molecule has 0 spiro atoms.